The highest BCUT2D eigenvalue weighted by Crippen LogP contribution is 2.46. The third kappa shape index (κ3) is 7.10. The minimum atomic E-state index is 1.09. The molecule has 0 N–H and O–H groups in total. The summed E-state index contributed by atoms with van der Waals surface area (Å²) in [6.45, 7) is 0. The number of hydrogen-bond donors (Lipinski definition) is 0. The van der Waals surface area contributed by atoms with Crippen LogP contribution in [0.1, 0.15) is 0 Å². The molecular weight excluding hydrogens is 783 g/mol. The van der Waals surface area contributed by atoms with Crippen molar-refractivity contribution in [2.45, 2.75) is 0 Å². The van der Waals surface area contributed by atoms with Crippen LogP contribution in [0.5, 0.6) is 0 Å². The van der Waals surface area contributed by atoms with Crippen molar-refractivity contribution in [3.8, 4) is 55.6 Å². The first kappa shape index (κ1) is 38.2. The van der Waals surface area contributed by atoms with Crippen LogP contribution in [-0.2, 0) is 0 Å². The van der Waals surface area contributed by atoms with Gasteiger partial charge < -0.3 is 4.90 Å². The van der Waals surface area contributed by atoms with E-state index in [4.69, 9.17) is 0 Å². The molecule has 0 spiro atoms. The average molecular weight is 826 g/mol. The molecule has 0 saturated heterocycles. The van der Waals surface area contributed by atoms with Gasteiger partial charge in [-0.2, -0.15) is 0 Å². The van der Waals surface area contributed by atoms with E-state index in [-0.39, 0.29) is 0 Å². The lowest BCUT2D eigenvalue weighted by atomic mass is 9.84. The monoisotopic (exact) mass is 825 g/mol. The SMILES string of the molecule is c1ccc(-c2ccc3cc(N(c4ccc(-c5ccc6ccccc6c5)cc4)c4ccc(-c5ccc6c(c5)c(-c5ccccc5)c(-c5ccccc5)c5ccccc56)cc4)ccc3c2)cc1. The van der Waals surface area contributed by atoms with Crippen LogP contribution in [0.4, 0.5) is 17.1 Å². The largest absolute Gasteiger partial charge is 0.310 e. The third-order valence-electron chi connectivity index (χ3n) is 13.0. The molecule has 0 unspecified atom stereocenters. The van der Waals surface area contributed by atoms with Gasteiger partial charge in [0.15, 0.2) is 0 Å². The first-order valence-electron chi connectivity index (χ1n) is 22.4. The minimum Gasteiger partial charge on any atom is -0.310 e. The Morgan fingerprint density at radius 1 is 0.185 bits per heavy atom. The first-order chi connectivity index (χ1) is 32.2. The smallest absolute Gasteiger partial charge is 0.0468 e. The molecule has 0 aliphatic heterocycles. The van der Waals surface area contributed by atoms with Crippen LogP contribution in [0.15, 0.2) is 261 Å². The van der Waals surface area contributed by atoms with Crippen molar-refractivity contribution in [3.05, 3.63) is 261 Å². The van der Waals surface area contributed by atoms with Gasteiger partial charge in [-0.15, -0.1) is 0 Å². The Labute approximate surface area is 379 Å². The summed E-state index contributed by atoms with van der Waals surface area (Å²) in [7, 11) is 0. The molecule has 65 heavy (non-hydrogen) atoms. The van der Waals surface area contributed by atoms with Crippen molar-refractivity contribution in [1.82, 2.24) is 0 Å². The molecule has 0 amide bonds. The third-order valence-corrected chi connectivity index (χ3v) is 13.0. The lowest BCUT2D eigenvalue weighted by Gasteiger charge is -2.26. The van der Waals surface area contributed by atoms with Gasteiger partial charge in [0.1, 0.15) is 0 Å². The van der Waals surface area contributed by atoms with Gasteiger partial charge in [-0.1, -0.05) is 206 Å². The number of anilines is 3. The van der Waals surface area contributed by atoms with E-state index in [9.17, 15) is 0 Å². The molecule has 12 aromatic carbocycles. The molecule has 0 radical (unpaired) electrons. The second kappa shape index (κ2) is 16.3. The molecule has 0 heterocycles. The summed E-state index contributed by atoms with van der Waals surface area (Å²) >= 11 is 0. The molecule has 12 aromatic rings. The van der Waals surface area contributed by atoms with E-state index in [1.807, 2.05) is 0 Å². The van der Waals surface area contributed by atoms with E-state index < -0.39 is 0 Å². The van der Waals surface area contributed by atoms with E-state index in [0.717, 1.165) is 17.1 Å². The highest BCUT2D eigenvalue weighted by atomic mass is 15.1. The zero-order valence-electron chi connectivity index (χ0n) is 35.8. The zero-order valence-corrected chi connectivity index (χ0v) is 35.8. The summed E-state index contributed by atoms with van der Waals surface area (Å²) in [6.07, 6.45) is 0. The van der Waals surface area contributed by atoms with E-state index in [1.165, 1.54) is 98.7 Å². The Bertz CT molecular complexity index is 3670. The standard InChI is InChI=1S/C64H43N/c1-4-14-44(15-5-1)51-26-27-54-42-58(38-32-53(54)41-51)65(56-34-28-46(29-35-56)52-25-24-45-16-10-11-21-50(45)40-52)57-36-30-47(31-37-57)55-33-39-60-59-22-12-13-23-61(59)63(48-17-6-2-7-18-48)64(62(60)43-55)49-19-8-3-9-20-49/h1-43H. The van der Waals surface area contributed by atoms with Crippen LogP contribution in [0.2, 0.25) is 0 Å². The van der Waals surface area contributed by atoms with Gasteiger partial charge in [-0.3, -0.25) is 0 Å². The Morgan fingerprint density at radius 2 is 0.554 bits per heavy atom. The average Bonchev–Trinajstić information content (AvgIpc) is 3.39. The second-order valence-corrected chi connectivity index (χ2v) is 16.9. The number of nitrogens with zero attached hydrogens (tertiary/aromatic N) is 1. The number of rotatable bonds is 8. The van der Waals surface area contributed by atoms with Gasteiger partial charge >= 0.3 is 0 Å². The predicted octanol–water partition coefficient (Wildman–Crippen LogP) is 18.1. The normalized spacial score (nSPS) is 11.4. The molecule has 304 valence electrons. The molecule has 1 nitrogen and oxygen atoms in total. The van der Waals surface area contributed by atoms with Gasteiger partial charge in [0.05, 0.1) is 0 Å². The fraction of sp³-hybridized carbons (Fsp3) is 0. The highest BCUT2D eigenvalue weighted by molar-refractivity contribution is 6.22. The van der Waals surface area contributed by atoms with Crippen LogP contribution in [-0.4, -0.2) is 0 Å². The molecular formula is C64H43N. The topological polar surface area (TPSA) is 3.24 Å². The van der Waals surface area contributed by atoms with E-state index >= 15 is 0 Å². The summed E-state index contributed by atoms with van der Waals surface area (Å²) < 4.78 is 0. The predicted molar refractivity (Wildman–Crippen MR) is 278 cm³/mol. The summed E-state index contributed by atoms with van der Waals surface area (Å²) in [5.41, 5.74) is 15.4. The molecule has 0 atom stereocenters. The number of fused-ring (bicyclic) bond motifs is 5. The first-order valence-corrected chi connectivity index (χ1v) is 22.4. The molecule has 12 rings (SSSR count). The van der Waals surface area contributed by atoms with E-state index in [0.29, 0.717) is 0 Å². The van der Waals surface area contributed by atoms with Gasteiger partial charge in [0.2, 0.25) is 0 Å². The van der Waals surface area contributed by atoms with Gasteiger partial charge in [0, 0.05) is 17.1 Å². The summed E-state index contributed by atoms with van der Waals surface area (Å²) in [4.78, 5) is 2.38. The maximum Gasteiger partial charge on any atom is 0.0468 e. The molecule has 1 heteroatoms. The fourth-order valence-corrected chi connectivity index (χ4v) is 9.78. The lowest BCUT2D eigenvalue weighted by Crippen LogP contribution is -2.09. The second-order valence-electron chi connectivity index (χ2n) is 16.9. The Hall–Kier alpha value is -8.52. The highest BCUT2D eigenvalue weighted by Gasteiger charge is 2.19. The molecule has 0 saturated carbocycles. The lowest BCUT2D eigenvalue weighted by molar-refractivity contribution is 1.29. The van der Waals surface area contributed by atoms with Crippen molar-refractivity contribution >= 4 is 60.2 Å². The van der Waals surface area contributed by atoms with E-state index in [2.05, 4.69) is 266 Å². The molecule has 0 fully saturated rings. The van der Waals surface area contributed by atoms with Gasteiger partial charge in [0.25, 0.3) is 0 Å². The van der Waals surface area contributed by atoms with E-state index in [1.54, 1.807) is 0 Å². The maximum absolute atomic E-state index is 2.40. The van der Waals surface area contributed by atoms with Crippen molar-refractivity contribution in [1.29, 1.82) is 0 Å². The maximum atomic E-state index is 2.40. The molecule has 0 bridgehead atoms. The number of hydrogen-bond acceptors (Lipinski definition) is 1. The Kier molecular flexibility index (Phi) is 9.58. The number of benzene rings is 12. The van der Waals surface area contributed by atoms with Gasteiger partial charge in [-0.25, -0.2) is 0 Å². The van der Waals surface area contributed by atoms with Crippen molar-refractivity contribution in [3.63, 3.8) is 0 Å². The Morgan fingerprint density at radius 3 is 1.17 bits per heavy atom. The summed E-state index contributed by atoms with van der Waals surface area (Å²) in [5, 5.41) is 9.93. The molecule has 0 aliphatic rings. The summed E-state index contributed by atoms with van der Waals surface area (Å²) in [5.74, 6) is 0. The van der Waals surface area contributed by atoms with Crippen molar-refractivity contribution in [2.24, 2.45) is 0 Å². The van der Waals surface area contributed by atoms with Crippen LogP contribution >= 0.6 is 0 Å². The van der Waals surface area contributed by atoms with Crippen LogP contribution < -0.4 is 4.90 Å². The van der Waals surface area contributed by atoms with Crippen LogP contribution in [0.3, 0.4) is 0 Å². The van der Waals surface area contributed by atoms with Crippen molar-refractivity contribution in [2.75, 3.05) is 4.90 Å². The molecule has 0 aromatic heterocycles. The summed E-state index contributed by atoms with van der Waals surface area (Å²) in [6, 6.07) is 95.2. The Balaban J connectivity index is 0.972. The van der Waals surface area contributed by atoms with Crippen LogP contribution in [0, 0.1) is 0 Å². The minimum absolute atomic E-state index is 1.09. The molecule has 0 aliphatic carbocycles. The van der Waals surface area contributed by atoms with Crippen LogP contribution in [0.25, 0.3) is 98.7 Å². The van der Waals surface area contributed by atoms with Gasteiger partial charge in [-0.05, 0) is 153 Å². The fourth-order valence-electron chi connectivity index (χ4n) is 9.78. The zero-order chi connectivity index (χ0) is 43.1. The quantitative estimate of drug-likeness (QED) is 0.138. The van der Waals surface area contributed by atoms with Crippen molar-refractivity contribution < 1.29 is 0 Å².